The molecule has 0 fully saturated rings. The Hall–Kier alpha value is -3.30. The number of rotatable bonds is 37. The van der Waals surface area contributed by atoms with Crippen molar-refractivity contribution in [3.05, 3.63) is 97.2 Å². The van der Waals surface area contributed by atoms with Gasteiger partial charge in [-0.15, -0.1) is 0 Å². The molecule has 0 saturated heterocycles. The van der Waals surface area contributed by atoms with E-state index in [4.69, 9.17) is 16.6 Å². The minimum Gasteiger partial charge on any atom is -0.548 e. The van der Waals surface area contributed by atoms with Crippen LogP contribution in [-0.4, -0.2) is 139 Å². The number of quaternary nitrogens is 2. The number of allylic oxidation sites excluding steroid dienone is 12. The summed E-state index contributed by atoms with van der Waals surface area (Å²) in [5.74, 6) is -3.23. The molecule has 0 spiro atoms. The SMILES string of the molecule is CCCCC[C@H](O)/C=C/C=C\C=C\C=C\[C@@H](O)[C@@H](O)CCCC.CCCCC[C@H](O)/C=C/C=C\C=C\C=C\[C@@H](O)[C@@H](O)CCCC(=O)O.N[C@@H](CCCC[NH3+])C(=O)[O-].N[C@@H](CCCC[NH3+])C(=O)[O-].[Mg+2]. The molecule has 0 aliphatic rings. The number of aliphatic carboxylic acids is 3. The van der Waals surface area contributed by atoms with Gasteiger partial charge in [-0.2, -0.15) is 0 Å². The Bertz CT molecular complexity index is 1400. The monoisotopic (exact) mass is 991 g/mol. The molecule has 0 aromatic rings. The average molecular weight is 992 g/mol. The van der Waals surface area contributed by atoms with Gasteiger partial charge in [0.2, 0.25) is 0 Å². The summed E-state index contributed by atoms with van der Waals surface area (Å²) in [7, 11) is 0. The van der Waals surface area contributed by atoms with Crippen LogP contribution in [0.25, 0.3) is 0 Å². The Labute approximate surface area is 430 Å². The van der Waals surface area contributed by atoms with Gasteiger partial charge in [0.15, 0.2) is 0 Å². The summed E-state index contributed by atoms with van der Waals surface area (Å²) in [4.78, 5) is 30.5. The van der Waals surface area contributed by atoms with Gasteiger partial charge in [0.05, 0.1) is 61.7 Å². The fourth-order valence-electron chi connectivity index (χ4n) is 5.44. The molecule has 0 aromatic carbocycles. The van der Waals surface area contributed by atoms with Crippen molar-refractivity contribution in [2.45, 2.75) is 198 Å². The quantitative estimate of drug-likeness (QED) is 0.0240. The summed E-state index contributed by atoms with van der Waals surface area (Å²) in [6.45, 7) is 8.00. The second kappa shape index (κ2) is 57.3. The van der Waals surface area contributed by atoms with Gasteiger partial charge in [0.25, 0.3) is 0 Å². The number of carboxylic acid groups (broad SMARTS) is 3. The molecule has 69 heavy (non-hydrogen) atoms. The number of hydrogen-bond acceptors (Lipinski definition) is 13. The van der Waals surface area contributed by atoms with Gasteiger partial charge in [-0.05, 0) is 70.6 Å². The number of carboxylic acids is 3. The normalized spacial score (nSPS) is 15.3. The van der Waals surface area contributed by atoms with Gasteiger partial charge >= 0.3 is 29.0 Å². The van der Waals surface area contributed by atoms with Crippen LogP contribution in [0.5, 0.6) is 0 Å². The van der Waals surface area contributed by atoms with Crippen LogP contribution < -0.4 is 33.1 Å². The van der Waals surface area contributed by atoms with Crippen molar-refractivity contribution in [3.63, 3.8) is 0 Å². The molecule has 0 radical (unpaired) electrons. The topological polar surface area (TPSA) is 346 Å². The largest absolute Gasteiger partial charge is 2.00 e. The first-order valence-corrected chi connectivity index (χ1v) is 24.6. The first kappa shape index (κ1) is 74.6. The molecule has 0 aliphatic heterocycles. The third-order valence-electron chi connectivity index (χ3n) is 9.77. The van der Waals surface area contributed by atoms with E-state index >= 15 is 0 Å². The summed E-state index contributed by atoms with van der Waals surface area (Å²) in [6, 6.07) is -1.60. The van der Waals surface area contributed by atoms with Crippen LogP contribution in [0.4, 0.5) is 0 Å². The molecule has 394 valence electrons. The molecule has 16 nitrogen and oxygen atoms in total. The molecular weight excluding hydrogens is 897 g/mol. The van der Waals surface area contributed by atoms with Crippen molar-refractivity contribution in [3.8, 4) is 0 Å². The van der Waals surface area contributed by atoms with Crippen molar-refractivity contribution in [2.24, 2.45) is 11.5 Å². The maximum atomic E-state index is 10.4. The Morgan fingerprint density at radius 3 is 1.06 bits per heavy atom. The molecular formula is C52H94MgN4O12+2. The predicted octanol–water partition coefficient (Wildman–Crippen LogP) is 1.76. The minimum absolute atomic E-state index is 0. The Morgan fingerprint density at radius 1 is 0.449 bits per heavy atom. The van der Waals surface area contributed by atoms with E-state index in [0.717, 1.165) is 96.6 Å². The molecule has 0 unspecified atom stereocenters. The Kier molecular flexibility index (Phi) is 62.0. The molecule has 0 aliphatic carbocycles. The van der Waals surface area contributed by atoms with Crippen LogP contribution in [0.1, 0.15) is 149 Å². The molecule has 0 saturated carbocycles. The standard InChI is InChI=1S/C20H32O5.C20H34O3.2C6H14N2O2.Mg/c1-2-3-8-12-17(21)13-9-6-4-5-7-10-14-18(22)19(23)15-11-16-20(24)25;1-3-5-11-14-18(21)15-12-9-7-8-10-13-17-20(23)19(22)16-6-4-2;2*7-4-2-1-3-5(8)6(9)10;/h4-7,9-10,13-14,17-19,21-23H,2-3,8,11-12,15-16H2,1H3,(H,24,25);7-10,12-13,15,17-23H,3-6,11,14,16H2,1-2H3;2*5H,1-4,7-8H2,(H,9,10);/q;;;;+2/b6-4-,7-5+,13-9+,14-10+;9-7-,10-8+,15-12+,17-13+;;;/t17-,18+,19-;18-,19-,20+;2*5-;/m0000./s1. The number of hydrogen-bond donors (Lipinski definition) is 11. The van der Waals surface area contributed by atoms with Crippen molar-refractivity contribution < 1.29 is 71.8 Å². The zero-order chi connectivity index (χ0) is 52.2. The first-order chi connectivity index (χ1) is 32.4. The first-order valence-electron chi connectivity index (χ1n) is 24.6. The van der Waals surface area contributed by atoms with Crippen LogP contribution >= 0.6 is 0 Å². The van der Waals surface area contributed by atoms with Gasteiger partial charge < -0.3 is 78.5 Å². The average Bonchev–Trinajstić information content (AvgIpc) is 3.30. The summed E-state index contributed by atoms with van der Waals surface area (Å²) < 4.78 is 0. The van der Waals surface area contributed by atoms with Gasteiger partial charge in [0.1, 0.15) is 0 Å². The van der Waals surface area contributed by atoms with Crippen LogP contribution in [0.2, 0.25) is 0 Å². The van der Waals surface area contributed by atoms with Crippen LogP contribution in [0.15, 0.2) is 97.2 Å². The second-order valence-electron chi connectivity index (χ2n) is 16.3. The van der Waals surface area contributed by atoms with Crippen LogP contribution in [0.3, 0.4) is 0 Å². The predicted molar refractivity (Wildman–Crippen MR) is 273 cm³/mol. The van der Waals surface area contributed by atoms with Crippen molar-refractivity contribution >= 4 is 41.0 Å². The van der Waals surface area contributed by atoms with Gasteiger partial charge in [-0.1, -0.05) is 169 Å². The fraction of sp³-hybridized carbons (Fsp3) is 0.635. The number of unbranched alkanes of at least 4 members (excludes halogenated alkanes) is 7. The zero-order valence-electron chi connectivity index (χ0n) is 42.4. The summed E-state index contributed by atoms with van der Waals surface area (Å²) in [5, 5.41) is 86.7. The van der Waals surface area contributed by atoms with Crippen molar-refractivity contribution in [1.29, 1.82) is 0 Å². The molecule has 0 aromatic heterocycles. The smallest absolute Gasteiger partial charge is 0.548 e. The maximum absolute atomic E-state index is 10.4. The van der Waals surface area contributed by atoms with Crippen LogP contribution in [-0.2, 0) is 14.4 Å². The molecule has 0 amide bonds. The van der Waals surface area contributed by atoms with E-state index in [1.165, 1.54) is 12.5 Å². The van der Waals surface area contributed by atoms with E-state index in [9.17, 15) is 55.2 Å². The number of nitrogens with two attached hydrogens (primary N) is 2. The molecule has 17 heteroatoms. The van der Waals surface area contributed by atoms with Crippen LogP contribution in [0, 0.1) is 0 Å². The minimum atomic E-state index is -1.16. The fourth-order valence-corrected chi connectivity index (χ4v) is 5.44. The third-order valence-corrected chi connectivity index (χ3v) is 9.77. The van der Waals surface area contributed by atoms with Crippen molar-refractivity contribution in [2.75, 3.05) is 13.1 Å². The second-order valence-corrected chi connectivity index (χ2v) is 16.3. The zero-order valence-corrected chi connectivity index (χ0v) is 43.8. The number of carbonyl (C=O) groups is 3. The van der Waals surface area contributed by atoms with E-state index in [0.29, 0.717) is 25.7 Å². The van der Waals surface area contributed by atoms with Crippen molar-refractivity contribution in [1.82, 2.24) is 0 Å². The van der Waals surface area contributed by atoms with E-state index < -0.39 is 60.5 Å². The van der Waals surface area contributed by atoms with Gasteiger partial charge in [-0.3, -0.25) is 4.79 Å². The number of carbonyl (C=O) groups excluding carboxylic acids is 2. The molecule has 0 rings (SSSR count). The maximum Gasteiger partial charge on any atom is 2.00 e. The molecule has 0 heterocycles. The van der Waals surface area contributed by atoms with Gasteiger partial charge in [-0.25, -0.2) is 0 Å². The van der Waals surface area contributed by atoms with Gasteiger partial charge in [0, 0.05) is 18.5 Å². The number of aliphatic hydroxyl groups excluding tert-OH is 6. The van der Waals surface area contributed by atoms with E-state index in [2.05, 4.69) is 32.2 Å². The Balaban J connectivity index is -0.000000283. The van der Waals surface area contributed by atoms with E-state index in [1.807, 2.05) is 30.4 Å². The summed E-state index contributed by atoms with van der Waals surface area (Å²) >= 11 is 0. The Morgan fingerprint density at radius 2 is 0.754 bits per heavy atom. The molecule has 17 N–H and O–H groups in total. The molecule has 8 atom stereocenters. The summed E-state index contributed by atoms with van der Waals surface area (Å²) in [5.41, 5.74) is 17.6. The van der Waals surface area contributed by atoms with E-state index in [1.54, 1.807) is 60.8 Å². The molecule has 0 bridgehead atoms. The number of aliphatic hydroxyl groups is 6. The summed E-state index contributed by atoms with van der Waals surface area (Å²) in [6.07, 6.45) is 39.7. The third kappa shape index (κ3) is 60.8. The van der Waals surface area contributed by atoms with E-state index in [-0.39, 0.29) is 42.0 Å².